The standard InChI is InChI=1S/C51H78N4O12/c1-30-16-12-11-13-17-31(2)42(63-8)28-38-21-19-36(7)51(62,67-38)48(59)49(60)55-23-15-14-18-40(55)50(61)66-43(33(4)26-37-20-22-39(53-54-52)44(27-37)64-9)29-41(56)32(3)25-35(6)46(58)47(65-10)45(57)34(5)24-30/h11-13,16-17,25,30,32-34,36-40,42-44,46-47,58,62H,14-15,18-24,26-29H2,1-10H3/b13-11+,16-12+,31-17+,35-25+/t30-,32?,33-,34-,36-,37+,38+,39+,40+,42+,43+,44-,46-,47+,51-/m1/s1. The molecule has 1 unspecified atom stereocenters. The SMILES string of the molecule is CO[C@H]1C[C@@H]2CC[C@@H](C)[C@@](O)(O2)C(=O)C(=O)N2CCCC[C@H]2C(=O)O[C@H]([C@H](C)C[C@@H]2CC[C@H](N=[N+]=[N-])[C@H](OC)C2)CC(=O)C(C)/C=C(\C)[C@@H](O)[C@@H](OC)C(=O)[C@H](C)C[C@H](C)/C=C/C=C/C=C/1C. The van der Waals surface area contributed by atoms with Crippen LogP contribution in [0.1, 0.15) is 126 Å². The van der Waals surface area contributed by atoms with Crippen molar-refractivity contribution in [3.05, 3.63) is 58.0 Å². The Balaban J connectivity index is 1.71. The van der Waals surface area contributed by atoms with Gasteiger partial charge in [-0.25, -0.2) is 4.79 Å². The number of ether oxygens (including phenoxy) is 5. The van der Waals surface area contributed by atoms with Crippen LogP contribution < -0.4 is 0 Å². The molecule has 15 atom stereocenters. The van der Waals surface area contributed by atoms with Crippen LogP contribution in [0.4, 0.5) is 0 Å². The fraction of sp³-hybridized carbons (Fsp3) is 0.745. The van der Waals surface area contributed by atoms with Crippen molar-refractivity contribution in [1.29, 1.82) is 0 Å². The first kappa shape index (κ1) is 55.6. The van der Waals surface area contributed by atoms with Crippen molar-refractivity contribution >= 4 is 29.2 Å². The maximum absolute atomic E-state index is 14.4. The molecule has 3 heterocycles. The molecule has 3 aliphatic heterocycles. The number of carbonyl (C=O) groups excluding carboxylic acids is 5. The summed E-state index contributed by atoms with van der Waals surface area (Å²) in [6, 6.07) is -1.47. The molecule has 1 aliphatic carbocycles. The van der Waals surface area contributed by atoms with E-state index in [0.29, 0.717) is 63.4 Å². The average molecular weight is 939 g/mol. The number of rotatable bonds is 7. The number of Topliss-reactive ketones (excluding diaryl/α,β-unsaturated/α-hetero) is 3. The molecule has 0 aromatic rings. The largest absolute Gasteiger partial charge is 0.460 e. The molecule has 4 rings (SSSR count). The Morgan fingerprint density at radius 1 is 0.910 bits per heavy atom. The third-order valence-electron chi connectivity index (χ3n) is 14.7. The van der Waals surface area contributed by atoms with Gasteiger partial charge in [0, 0.05) is 63.4 Å². The molecule has 2 bridgehead atoms. The summed E-state index contributed by atoms with van der Waals surface area (Å²) in [6.07, 6.45) is 11.7. The lowest BCUT2D eigenvalue weighted by Gasteiger charge is -2.42. The number of allylic oxidation sites excluding steroid dienone is 6. The Hall–Kier alpha value is -4.02. The van der Waals surface area contributed by atoms with Gasteiger partial charge in [0.1, 0.15) is 30.1 Å². The van der Waals surface area contributed by atoms with E-state index in [4.69, 9.17) is 29.2 Å². The summed E-state index contributed by atoms with van der Waals surface area (Å²) in [5.41, 5.74) is 10.4. The van der Waals surface area contributed by atoms with Gasteiger partial charge in [-0.1, -0.05) is 76.2 Å². The molecule has 3 fully saturated rings. The maximum atomic E-state index is 14.4. The number of piperidine rings is 1. The van der Waals surface area contributed by atoms with Gasteiger partial charge >= 0.3 is 5.97 Å². The zero-order valence-electron chi connectivity index (χ0n) is 41.5. The van der Waals surface area contributed by atoms with E-state index >= 15 is 0 Å². The number of nitrogens with zero attached hydrogens (tertiary/aromatic N) is 4. The van der Waals surface area contributed by atoms with Crippen LogP contribution in [0.5, 0.6) is 0 Å². The van der Waals surface area contributed by atoms with E-state index in [9.17, 15) is 34.2 Å². The lowest BCUT2D eigenvalue weighted by molar-refractivity contribution is -0.265. The number of esters is 1. The molecule has 0 aromatic heterocycles. The van der Waals surface area contributed by atoms with E-state index in [1.165, 1.54) is 12.0 Å². The van der Waals surface area contributed by atoms with Gasteiger partial charge in [-0.05, 0) is 112 Å². The van der Waals surface area contributed by atoms with Crippen LogP contribution in [0.25, 0.3) is 10.4 Å². The quantitative estimate of drug-likeness (QED) is 0.0632. The van der Waals surface area contributed by atoms with Crippen molar-refractivity contribution in [2.75, 3.05) is 27.9 Å². The van der Waals surface area contributed by atoms with E-state index in [2.05, 4.69) is 10.0 Å². The number of aliphatic hydroxyl groups is 2. The molecule has 0 aromatic carbocycles. The van der Waals surface area contributed by atoms with E-state index in [0.717, 1.165) is 12.0 Å². The van der Waals surface area contributed by atoms with E-state index < -0.39 is 77.8 Å². The number of fused-ring (bicyclic) bond motifs is 3. The van der Waals surface area contributed by atoms with E-state index in [-0.39, 0.29) is 60.9 Å². The number of methoxy groups -OCH3 is 3. The fourth-order valence-corrected chi connectivity index (χ4v) is 10.3. The number of azide groups is 1. The van der Waals surface area contributed by atoms with Crippen molar-refractivity contribution in [1.82, 2.24) is 4.90 Å². The number of cyclic esters (lactones) is 1. The van der Waals surface area contributed by atoms with Crippen molar-refractivity contribution in [2.45, 2.75) is 180 Å². The molecule has 2 N–H and O–H groups in total. The first-order valence-electron chi connectivity index (χ1n) is 24.3. The summed E-state index contributed by atoms with van der Waals surface area (Å²) in [6.45, 7) is 12.7. The fourth-order valence-electron chi connectivity index (χ4n) is 10.3. The summed E-state index contributed by atoms with van der Waals surface area (Å²) in [5.74, 6) is -8.09. The molecule has 0 spiro atoms. The van der Waals surface area contributed by atoms with Gasteiger partial charge in [0.25, 0.3) is 11.7 Å². The Morgan fingerprint density at radius 2 is 1.64 bits per heavy atom. The lowest BCUT2D eigenvalue weighted by Crippen LogP contribution is -2.61. The third-order valence-corrected chi connectivity index (χ3v) is 14.7. The Labute approximate surface area is 397 Å². The number of amides is 1. The number of hydrogen-bond acceptors (Lipinski definition) is 13. The zero-order chi connectivity index (χ0) is 49.6. The summed E-state index contributed by atoms with van der Waals surface area (Å²) in [7, 11) is 4.52. The Bertz CT molecular complexity index is 1890. The zero-order valence-corrected chi connectivity index (χ0v) is 41.5. The van der Waals surface area contributed by atoms with Gasteiger partial charge in [0.2, 0.25) is 5.79 Å². The molecular weight excluding hydrogens is 861 g/mol. The minimum absolute atomic E-state index is 0.0129. The molecular formula is C51H78N4O12. The van der Waals surface area contributed by atoms with Gasteiger partial charge in [-0.2, -0.15) is 0 Å². The molecule has 16 heteroatoms. The number of aliphatic hydroxyl groups excluding tert-OH is 1. The summed E-state index contributed by atoms with van der Waals surface area (Å²) < 4.78 is 29.5. The molecule has 16 nitrogen and oxygen atoms in total. The predicted molar refractivity (Wildman–Crippen MR) is 252 cm³/mol. The van der Waals surface area contributed by atoms with Crippen LogP contribution in [-0.4, -0.2) is 127 Å². The highest BCUT2D eigenvalue weighted by Gasteiger charge is 2.53. The van der Waals surface area contributed by atoms with Crippen molar-refractivity contribution < 1.29 is 57.9 Å². The molecule has 67 heavy (non-hydrogen) atoms. The summed E-state index contributed by atoms with van der Waals surface area (Å²) in [5, 5.41) is 27.3. The first-order chi connectivity index (χ1) is 31.8. The normalized spacial score (nSPS) is 39.4. The topological polar surface area (TPSA) is 224 Å². The van der Waals surface area contributed by atoms with Gasteiger partial charge in [0.05, 0.1) is 24.4 Å². The number of hydrogen-bond donors (Lipinski definition) is 2. The first-order valence-corrected chi connectivity index (χ1v) is 24.3. The molecule has 4 aliphatic rings. The number of carbonyl (C=O) groups is 5. The molecule has 0 radical (unpaired) electrons. The second-order valence-corrected chi connectivity index (χ2v) is 19.8. The van der Waals surface area contributed by atoms with Crippen LogP contribution >= 0.6 is 0 Å². The highest BCUT2D eigenvalue weighted by atomic mass is 16.6. The van der Waals surface area contributed by atoms with Crippen LogP contribution in [0.15, 0.2) is 52.7 Å². The Morgan fingerprint density at radius 3 is 2.31 bits per heavy atom. The molecule has 374 valence electrons. The van der Waals surface area contributed by atoms with Gasteiger partial charge in [-0.15, -0.1) is 0 Å². The highest BCUT2D eigenvalue weighted by Crippen LogP contribution is 2.38. The summed E-state index contributed by atoms with van der Waals surface area (Å²) in [4.78, 5) is 75.0. The average Bonchev–Trinajstić information content (AvgIpc) is 3.30. The van der Waals surface area contributed by atoms with Gasteiger partial charge in [-0.3, -0.25) is 19.2 Å². The van der Waals surface area contributed by atoms with E-state index in [1.807, 2.05) is 58.1 Å². The van der Waals surface area contributed by atoms with Gasteiger partial charge in [0.15, 0.2) is 5.78 Å². The molecule has 2 saturated heterocycles. The highest BCUT2D eigenvalue weighted by molar-refractivity contribution is 6.39. The van der Waals surface area contributed by atoms with Crippen molar-refractivity contribution in [3.8, 4) is 0 Å². The Kier molecular flexibility index (Phi) is 21.6. The second kappa shape index (κ2) is 26.1. The smallest absolute Gasteiger partial charge is 0.329 e. The van der Waals surface area contributed by atoms with Crippen molar-refractivity contribution in [3.63, 3.8) is 0 Å². The predicted octanol–water partition coefficient (Wildman–Crippen LogP) is 7.50. The van der Waals surface area contributed by atoms with Crippen molar-refractivity contribution in [2.24, 2.45) is 40.6 Å². The van der Waals surface area contributed by atoms with Crippen LogP contribution in [0, 0.1) is 35.5 Å². The number of ketones is 3. The molecule has 1 amide bonds. The van der Waals surface area contributed by atoms with Crippen LogP contribution in [0.3, 0.4) is 0 Å². The van der Waals surface area contributed by atoms with E-state index in [1.54, 1.807) is 41.1 Å². The van der Waals surface area contributed by atoms with Crippen LogP contribution in [-0.2, 0) is 47.7 Å². The summed E-state index contributed by atoms with van der Waals surface area (Å²) >= 11 is 0. The molecule has 1 saturated carbocycles. The lowest BCUT2D eigenvalue weighted by atomic mass is 9.78. The van der Waals surface area contributed by atoms with Crippen LogP contribution in [0.2, 0.25) is 0 Å². The van der Waals surface area contributed by atoms with Gasteiger partial charge < -0.3 is 38.8 Å². The maximum Gasteiger partial charge on any atom is 0.329 e. The minimum Gasteiger partial charge on any atom is -0.460 e. The minimum atomic E-state index is -2.44. The second-order valence-electron chi connectivity index (χ2n) is 19.8. The third kappa shape index (κ3) is 14.7. The monoisotopic (exact) mass is 939 g/mol.